The van der Waals surface area contributed by atoms with E-state index in [9.17, 15) is 0 Å². The molecule has 0 saturated carbocycles. The van der Waals surface area contributed by atoms with Crippen molar-refractivity contribution >= 4 is 5.69 Å². The van der Waals surface area contributed by atoms with Gasteiger partial charge in [0.15, 0.2) is 0 Å². The highest BCUT2D eigenvalue weighted by Crippen LogP contribution is 2.32. The lowest BCUT2D eigenvalue weighted by Crippen LogP contribution is -2.48. The Labute approximate surface area is 194 Å². The zero-order valence-corrected chi connectivity index (χ0v) is 20.2. The Morgan fingerprint density at radius 2 is 2.00 bits per heavy atom. The van der Waals surface area contributed by atoms with E-state index in [1.165, 1.54) is 66.0 Å². The SMILES string of the molecule is Cc1cc(CNc2cccc3c2CN(C2CCCNC2)C3)ccc1CN1CC(C(C)C)C1. The molecule has 0 aliphatic carbocycles. The largest absolute Gasteiger partial charge is 0.381 e. The van der Waals surface area contributed by atoms with E-state index < -0.39 is 0 Å². The third-order valence-corrected chi connectivity index (χ3v) is 8.01. The summed E-state index contributed by atoms with van der Waals surface area (Å²) in [7, 11) is 0. The number of benzene rings is 2. The molecule has 5 rings (SSSR count). The van der Waals surface area contributed by atoms with Crippen molar-refractivity contribution in [1.29, 1.82) is 0 Å². The van der Waals surface area contributed by atoms with Crippen LogP contribution in [0.4, 0.5) is 5.69 Å². The molecule has 3 aliphatic heterocycles. The highest BCUT2D eigenvalue weighted by Gasteiger charge is 2.29. The van der Waals surface area contributed by atoms with Crippen LogP contribution >= 0.6 is 0 Å². The summed E-state index contributed by atoms with van der Waals surface area (Å²) in [6.07, 6.45) is 2.62. The predicted molar refractivity (Wildman–Crippen MR) is 134 cm³/mol. The molecule has 0 aromatic heterocycles. The Balaban J connectivity index is 1.18. The van der Waals surface area contributed by atoms with Gasteiger partial charge >= 0.3 is 0 Å². The first-order valence-corrected chi connectivity index (χ1v) is 12.7. The summed E-state index contributed by atoms with van der Waals surface area (Å²) in [6, 6.07) is 14.5. The van der Waals surface area contributed by atoms with Gasteiger partial charge in [0.2, 0.25) is 0 Å². The van der Waals surface area contributed by atoms with Gasteiger partial charge < -0.3 is 10.6 Å². The second kappa shape index (κ2) is 9.54. The molecule has 2 fully saturated rings. The minimum Gasteiger partial charge on any atom is -0.381 e. The number of aryl methyl sites for hydroxylation is 1. The molecule has 1 atom stereocenters. The summed E-state index contributed by atoms with van der Waals surface area (Å²) < 4.78 is 0. The first kappa shape index (κ1) is 21.9. The quantitative estimate of drug-likeness (QED) is 0.660. The molecule has 0 bridgehead atoms. The van der Waals surface area contributed by atoms with Crippen molar-refractivity contribution in [2.24, 2.45) is 11.8 Å². The predicted octanol–water partition coefficient (Wildman–Crippen LogP) is 4.76. The maximum absolute atomic E-state index is 3.76. The lowest BCUT2D eigenvalue weighted by atomic mass is 9.88. The second-order valence-corrected chi connectivity index (χ2v) is 10.7. The minimum atomic E-state index is 0.682. The van der Waals surface area contributed by atoms with E-state index in [1.807, 2.05) is 0 Å². The van der Waals surface area contributed by atoms with E-state index in [1.54, 1.807) is 0 Å². The molecule has 3 aliphatic rings. The van der Waals surface area contributed by atoms with Crippen LogP contribution in [0.15, 0.2) is 36.4 Å². The summed E-state index contributed by atoms with van der Waals surface area (Å²) >= 11 is 0. The molecule has 2 aromatic rings. The first-order valence-electron chi connectivity index (χ1n) is 12.7. The van der Waals surface area contributed by atoms with E-state index in [-0.39, 0.29) is 0 Å². The Morgan fingerprint density at radius 3 is 2.75 bits per heavy atom. The van der Waals surface area contributed by atoms with Crippen LogP contribution in [0.2, 0.25) is 0 Å². The maximum atomic E-state index is 3.76. The van der Waals surface area contributed by atoms with E-state index in [0.29, 0.717) is 6.04 Å². The van der Waals surface area contributed by atoms with Crippen molar-refractivity contribution in [3.63, 3.8) is 0 Å². The number of rotatable bonds is 7. The van der Waals surface area contributed by atoms with Gasteiger partial charge in [0.05, 0.1) is 0 Å². The molecule has 2 saturated heterocycles. The average molecular weight is 433 g/mol. The van der Waals surface area contributed by atoms with Gasteiger partial charge in [-0.2, -0.15) is 0 Å². The lowest BCUT2D eigenvalue weighted by Gasteiger charge is -2.42. The molecule has 4 nitrogen and oxygen atoms in total. The van der Waals surface area contributed by atoms with Gasteiger partial charge in [0.1, 0.15) is 0 Å². The van der Waals surface area contributed by atoms with Crippen molar-refractivity contribution in [2.45, 2.75) is 65.8 Å². The molecule has 3 heterocycles. The van der Waals surface area contributed by atoms with E-state index in [0.717, 1.165) is 44.6 Å². The smallest absolute Gasteiger partial charge is 0.0400 e. The lowest BCUT2D eigenvalue weighted by molar-refractivity contribution is 0.0613. The molecule has 2 aromatic carbocycles. The number of hydrogen-bond acceptors (Lipinski definition) is 4. The molecule has 0 amide bonds. The molecule has 0 radical (unpaired) electrons. The molecule has 4 heteroatoms. The van der Waals surface area contributed by atoms with E-state index in [2.05, 4.69) is 77.6 Å². The van der Waals surface area contributed by atoms with Crippen molar-refractivity contribution in [1.82, 2.24) is 15.1 Å². The van der Waals surface area contributed by atoms with Gasteiger partial charge in [-0.15, -0.1) is 0 Å². The van der Waals surface area contributed by atoms with Gasteiger partial charge in [-0.1, -0.05) is 44.2 Å². The van der Waals surface area contributed by atoms with Gasteiger partial charge in [-0.25, -0.2) is 0 Å². The zero-order valence-electron chi connectivity index (χ0n) is 20.2. The zero-order chi connectivity index (χ0) is 22.1. The fourth-order valence-electron chi connectivity index (χ4n) is 5.66. The molecule has 172 valence electrons. The molecule has 0 spiro atoms. The van der Waals surface area contributed by atoms with Crippen LogP contribution in [-0.2, 0) is 26.2 Å². The van der Waals surface area contributed by atoms with Crippen LogP contribution in [-0.4, -0.2) is 42.0 Å². The Kier molecular flexibility index (Phi) is 6.54. The highest BCUT2D eigenvalue weighted by atomic mass is 15.2. The Bertz CT molecular complexity index is 925. The standard InChI is InChI=1S/C28H40N4/c1-20(2)25-16-31(17-25)15-23-10-9-22(12-21(23)3)13-30-28-8-4-6-24-18-32(19-27(24)28)26-7-5-11-29-14-26/h4,6,8-10,12,20,25-26,29-30H,5,7,11,13-19H2,1-3H3. The van der Waals surface area contributed by atoms with Crippen LogP contribution in [0.1, 0.15) is 54.5 Å². The Morgan fingerprint density at radius 1 is 1.12 bits per heavy atom. The summed E-state index contributed by atoms with van der Waals surface area (Å²) in [6.45, 7) is 16.0. The van der Waals surface area contributed by atoms with Crippen LogP contribution in [0.5, 0.6) is 0 Å². The Hall–Kier alpha value is -1.88. The molecule has 2 N–H and O–H groups in total. The minimum absolute atomic E-state index is 0.682. The number of piperidine rings is 1. The average Bonchev–Trinajstić information content (AvgIpc) is 3.21. The van der Waals surface area contributed by atoms with Gasteiger partial charge in [0.25, 0.3) is 0 Å². The third-order valence-electron chi connectivity index (χ3n) is 8.01. The second-order valence-electron chi connectivity index (χ2n) is 10.7. The number of nitrogens with zero attached hydrogens (tertiary/aromatic N) is 2. The summed E-state index contributed by atoms with van der Waals surface area (Å²) in [4.78, 5) is 5.26. The molecule has 1 unspecified atom stereocenters. The third kappa shape index (κ3) is 4.73. The summed E-state index contributed by atoms with van der Waals surface area (Å²) in [5, 5.41) is 7.34. The topological polar surface area (TPSA) is 30.5 Å². The van der Waals surface area contributed by atoms with E-state index in [4.69, 9.17) is 0 Å². The first-order chi connectivity index (χ1) is 15.6. The fourth-order valence-corrected chi connectivity index (χ4v) is 5.66. The van der Waals surface area contributed by atoms with Gasteiger partial charge in [-0.05, 0) is 72.0 Å². The summed E-state index contributed by atoms with van der Waals surface area (Å²) in [5.74, 6) is 1.70. The van der Waals surface area contributed by atoms with Crippen molar-refractivity contribution in [3.8, 4) is 0 Å². The van der Waals surface area contributed by atoms with Crippen molar-refractivity contribution < 1.29 is 0 Å². The normalized spacial score (nSPS) is 22.2. The molecular weight excluding hydrogens is 392 g/mol. The number of fused-ring (bicyclic) bond motifs is 1. The number of anilines is 1. The number of nitrogens with one attached hydrogen (secondary N) is 2. The van der Waals surface area contributed by atoms with Crippen molar-refractivity contribution in [3.05, 3.63) is 64.2 Å². The monoisotopic (exact) mass is 432 g/mol. The number of likely N-dealkylation sites (tertiary alicyclic amines) is 1. The summed E-state index contributed by atoms with van der Waals surface area (Å²) in [5.41, 5.74) is 8.60. The van der Waals surface area contributed by atoms with Gasteiger partial charge in [-0.3, -0.25) is 9.80 Å². The van der Waals surface area contributed by atoms with Crippen molar-refractivity contribution in [2.75, 3.05) is 31.5 Å². The van der Waals surface area contributed by atoms with Crippen LogP contribution in [0.25, 0.3) is 0 Å². The fraction of sp³-hybridized carbons (Fsp3) is 0.571. The molecular formula is C28H40N4. The highest BCUT2D eigenvalue weighted by molar-refractivity contribution is 5.56. The molecule has 32 heavy (non-hydrogen) atoms. The van der Waals surface area contributed by atoms with E-state index >= 15 is 0 Å². The van der Waals surface area contributed by atoms with Gasteiger partial charge in [0, 0.05) is 57.5 Å². The number of hydrogen-bond donors (Lipinski definition) is 2. The van der Waals surface area contributed by atoms with Crippen LogP contribution in [0, 0.1) is 18.8 Å². The van der Waals surface area contributed by atoms with Crippen LogP contribution < -0.4 is 10.6 Å². The van der Waals surface area contributed by atoms with Crippen LogP contribution in [0.3, 0.4) is 0 Å². The maximum Gasteiger partial charge on any atom is 0.0400 e.